The Bertz CT molecular complexity index is 950. The zero-order chi connectivity index (χ0) is 20.8. The van der Waals surface area contributed by atoms with E-state index in [2.05, 4.69) is 25.6 Å². The summed E-state index contributed by atoms with van der Waals surface area (Å²) >= 11 is 0. The minimum Gasteiger partial charge on any atom is -0.394 e. The van der Waals surface area contributed by atoms with Crippen LogP contribution in [0.15, 0.2) is 55.1 Å². The minimum atomic E-state index is -0.458. The molecule has 0 spiro atoms. The van der Waals surface area contributed by atoms with Crippen molar-refractivity contribution < 1.29 is 14.6 Å². The van der Waals surface area contributed by atoms with Crippen LogP contribution in [0.4, 0.5) is 0 Å². The summed E-state index contributed by atoms with van der Waals surface area (Å²) in [5, 5.41) is 21.1. The van der Waals surface area contributed by atoms with Crippen molar-refractivity contribution in [2.45, 2.75) is 44.1 Å². The second-order valence-electron chi connectivity index (χ2n) is 7.25. The lowest BCUT2D eigenvalue weighted by Crippen LogP contribution is -2.51. The molecule has 3 atom stereocenters. The molecule has 2 N–H and O–H groups in total. The third-order valence-corrected chi connectivity index (χ3v) is 5.20. The Kier molecular flexibility index (Phi) is 6.41. The Morgan fingerprint density at radius 1 is 1.23 bits per heavy atom. The van der Waals surface area contributed by atoms with Crippen molar-refractivity contribution in [1.82, 2.24) is 30.3 Å². The molecule has 0 saturated carbocycles. The van der Waals surface area contributed by atoms with E-state index in [0.29, 0.717) is 13.0 Å². The molecule has 0 aliphatic carbocycles. The average molecular weight is 408 g/mol. The lowest BCUT2D eigenvalue weighted by Gasteiger charge is -2.36. The molecule has 1 fully saturated rings. The number of aromatic nitrogens is 5. The first-order valence-electron chi connectivity index (χ1n) is 10.0. The van der Waals surface area contributed by atoms with Crippen molar-refractivity contribution in [2.24, 2.45) is 0 Å². The Labute approximate surface area is 174 Å². The number of carbonyl (C=O) groups is 1. The number of ether oxygens (including phenoxy) is 1. The zero-order valence-electron chi connectivity index (χ0n) is 16.5. The second kappa shape index (κ2) is 9.55. The normalized spacial score (nSPS) is 21.3. The van der Waals surface area contributed by atoms with Crippen LogP contribution in [0.3, 0.4) is 0 Å². The first-order chi connectivity index (χ1) is 14.7. The van der Waals surface area contributed by atoms with Gasteiger partial charge in [-0.25, -0.2) is 4.98 Å². The summed E-state index contributed by atoms with van der Waals surface area (Å²) in [7, 11) is 0. The molecule has 3 heterocycles. The van der Waals surface area contributed by atoms with Crippen molar-refractivity contribution in [3.63, 3.8) is 0 Å². The highest BCUT2D eigenvalue weighted by atomic mass is 16.5. The number of aliphatic hydroxyl groups excluding tert-OH is 1. The van der Waals surface area contributed by atoms with Crippen LogP contribution in [0.5, 0.6) is 0 Å². The van der Waals surface area contributed by atoms with E-state index in [1.54, 1.807) is 0 Å². The third kappa shape index (κ3) is 4.87. The summed E-state index contributed by atoms with van der Waals surface area (Å²) in [5.41, 5.74) is 2.11. The van der Waals surface area contributed by atoms with Gasteiger partial charge in [-0.2, -0.15) is 0 Å². The van der Waals surface area contributed by atoms with Crippen LogP contribution in [0, 0.1) is 0 Å². The van der Waals surface area contributed by atoms with Crippen molar-refractivity contribution >= 4 is 5.91 Å². The predicted molar refractivity (Wildman–Crippen MR) is 108 cm³/mol. The summed E-state index contributed by atoms with van der Waals surface area (Å²) in [6.07, 6.45) is 8.09. The molecule has 9 nitrogen and oxygen atoms in total. The summed E-state index contributed by atoms with van der Waals surface area (Å²) < 4.78 is 7.84. The van der Waals surface area contributed by atoms with E-state index in [-0.39, 0.29) is 30.4 Å². The molecule has 30 heavy (non-hydrogen) atoms. The fraction of sp³-hybridized carbons (Fsp3) is 0.381. The number of aliphatic hydroxyl groups is 1. The number of benzene rings is 1. The number of nitrogens with zero attached hydrogens (tertiary/aromatic N) is 5. The molecule has 0 bridgehead atoms. The summed E-state index contributed by atoms with van der Waals surface area (Å²) in [4.78, 5) is 20.2. The van der Waals surface area contributed by atoms with E-state index in [1.165, 1.54) is 18.6 Å². The molecular weight excluding hydrogens is 384 g/mol. The molecule has 2 aromatic heterocycles. The number of carbonyl (C=O) groups excluding carboxylic acids is 1. The molecule has 1 aliphatic heterocycles. The van der Waals surface area contributed by atoms with Crippen LogP contribution >= 0.6 is 0 Å². The highest BCUT2D eigenvalue weighted by Gasteiger charge is 2.32. The Morgan fingerprint density at radius 2 is 2.10 bits per heavy atom. The number of hydrogen-bond acceptors (Lipinski definition) is 7. The predicted octanol–water partition coefficient (Wildman–Crippen LogP) is 1.46. The van der Waals surface area contributed by atoms with E-state index >= 15 is 0 Å². The smallest absolute Gasteiger partial charge is 0.271 e. The summed E-state index contributed by atoms with van der Waals surface area (Å²) in [6, 6.07) is 9.64. The molecule has 1 aliphatic rings. The van der Waals surface area contributed by atoms with E-state index in [4.69, 9.17) is 4.74 Å². The molecular formula is C21H24N6O3. The Hall–Kier alpha value is -3.17. The van der Waals surface area contributed by atoms with Crippen molar-refractivity contribution in [3.05, 3.63) is 60.8 Å². The van der Waals surface area contributed by atoms with Crippen LogP contribution in [0.1, 0.15) is 29.8 Å². The van der Waals surface area contributed by atoms with Gasteiger partial charge >= 0.3 is 0 Å². The van der Waals surface area contributed by atoms with E-state index in [0.717, 1.165) is 24.1 Å². The number of aryl methyl sites for hydroxylation is 1. The number of hydrogen-bond donors (Lipinski definition) is 2. The number of amides is 1. The molecule has 4 rings (SSSR count). The van der Waals surface area contributed by atoms with Crippen LogP contribution < -0.4 is 5.32 Å². The van der Waals surface area contributed by atoms with Gasteiger partial charge in [-0.3, -0.25) is 14.5 Å². The summed E-state index contributed by atoms with van der Waals surface area (Å²) in [6.45, 7) is 0.503. The van der Waals surface area contributed by atoms with Crippen molar-refractivity contribution in [1.29, 1.82) is 0 Å². The topological polar surface area (TPSA) is 115 Å². The maximum Gasteiger partial charge on any atom is 0.271 e. The minimum absolute atomic E-state index is 0.0174. The van der Waals surface area contributed by atoms with Gasteiger partial charge in [-0.1, -0.05) is 35.5 Å². The molecule has 0 radical (unpaired) electrons. The molecule has 0 unspecified atom stereocenters. The van der Waals surface area contributed by atoms with Gasteiger partial charge in [-0.05, 0) is 19.3 Å². The van der Waals surface area contributed by atoms with Gasteiger partial charge in [0, 0.05) is 24.5 Å². The number of rotatable bonds is 7. The fourth-order valence-corrected chi connectivity index (χ4v) is 3.59. The Balaban J connectivity index is 1.29. The summed E-state index contributed by atoms with van der Waals surface area (Å²) in [5.74, 6) is -0.315. The molecule has 9 heteroatoms. The van der Waals surface area contributed by atoms with Crippen molar-refractivity contribution in [2.75, 3.05) is 6.61 Å². The average Bonchev–Trinajstić information content (AvgIpc) is 3.28. The van der Waals surface area contributed by atoms with E-state index in [1.807, 2.05) is 41.2 Å². The van der Waals surface area contributed by atoms with Gasteiger partial charge in [0.25, 0.3) is 5.91 Å². The van der Waals surface area contributed by atoms with Crippen LogP contribution in [0.2, 0.25) is 0 Å². The standard InChI is InChI=1S/C21H24N6O3/c28-14-20-17(24-21(29)18-12-22-9-10-23-18)7-6-16(30-20)8-11-27-13-19(25-26-27)15-4-2-1-3-5-15/h1-5,9-10,12-13,16-17,20,28H,6-8,11,14H2,(H,24,29)/t16-,17+,20+/m0/s1. The second-order valence-corrected chi connectivity index (χ2v) is 7.25. The van der Waals surface area contributed by atoms with Gasteiger partial charge in [0.05, 0.1) is 31.1 Å². The van der Waals surface area contributed by atoms with Gasteiger partial charge < -0.3 is 15.2 Å². The fourth-order valence-electron chi connectivity index (χ4n) is 3.59. The largest absolute Gasteiger partial charge is 0.394 e. The maximum absolute atomic E-state index is 12.3. The molecule has 1 amide bonds. The molecule has 1 saturated heterocycles. The van der Waals surface area contributed by atoms with Crippen LogP contribution in [-0.4, -0.2) is 60.8 Å². The Morgan fingerprint density at radius 3 is 2.87 bits per heavy atom. The lowest BCUT2D eigenvalue weighted by atomic mass is 9.97. The van der Waals surface area contributed by atoms with Gasteiger partial charge in [0.1, 0.15) is 17.5 Å². The lowest BCUT2D eigenvalue weighted by molar-refractivity contribution is -0.0912. The van der Waals surface area contributed by atoms with Crippen LogP contribution in [-0.2, 0) is 11.3 Å². The van der Waals surface area contributed by atoms with Crippen LogP contribution in [0.25, 0.3) is 11.3 Å². The molecule has 3 aromatic rings. The van der Waals surface area contributed by atoms with Gasteiger partial charge in [0.2, 0.25) is 0 Å². The highest BCUT2D eigenvalue weighted by molar-refractivity contribution is 5.92. The zero-order valence-corrected chi connectivity index (χ0v) is 16.5. The van der Waals surface area contributed by atoms with Crippen molar-refractivity contribution in [3.8, 4) is 11.3 Å². The first kappa shape index (κ1) is 20.1. The maximum atomic E-state index is 12.3. The first-order valence-corrected chi connectivity index (χ1v) is 10.0. The quantitative estimate of drug-likeness (QED) is 0.608. The SMILES string of the molecule is O=C(N[C@@H]1CC[C@@H](CCn2cc(-c3ccccc3)nn2)O[C@@H]1CO)c1cnccn1. The van der Waals surface area contributed by atoms with E-state index in [9.17, 15) is 9.90 Å². The highest BCUT2D eigenvalue weighted by Crippen LogP contribution is 2.23. The van der Waals surface area contributed by atoms with Gasteiger partial charge in [0.15, 0.2) is 0 Å². The molecule has 156 valence electrons. The monoisotopic (exact) mass is 408 g/mol. The van der Waals surface area contributed by atoms with E-state index < -0.39 is 6.10 Å². The molecule has 1 aromatic carbocycles. The number of nitrogens with one attached hydrogen (secondary N) is 1. The van der Waals surface area contributed by atoms with Gasteiger partial charge in [-0.15, -0.1) is 5.10 Å². The third-order valence-electron chi connectivity index (χ3n) is 5.20.